The summed E-state index contributed by atoms with van der Waals surface area (Å²) in [7, 11) is 1.66. The molecule has 1 unspecified atom stereocenters. The standard InChI is InChI=1S/C23H25N3O4/c1-25-16-24-21-14-17(9-10-20(21)23(25)28)22(27)26(15-19-8-5-12-29-19)11-13-30-18-6-3-2-4-7-18/h2-4,6-7,9-10,14,16,19H,5,8,11-13,15H2,1H3. The molecule has 156 valence electrons. The lowest BCUT2D eigenvalue weighted by molar-refractivity contribution is 0.0494. The van der Waals surface area contributed by atoms with Crippen LogP contribution in [0.3, 0.4) is 0 Å². The molecular formula is C23H25N3O4. The molecular weight excluding hydrogens is 382 g/mol. The van der Waals surface area contributed by atoms with Crippen molar-refractivity contribution >= 4 is 16.8 Å². The molecule has 0 spiro atoms. The Labute approximate surface area is 174 Å². The van der Waals surface area contributed by atoms with E-state index in [0.29, 0.717) is 36.2 Å². The van der Waals surface area contributed by atoms with Crippen LogP contribution in [-0.4, -0.2) is 52.8 Å². The second-order valence-electron chi connectivity index (χ2n) is 7.44. The zero-order valence-corrected chi connectivity index (χ0v) is 17.0. The van der Waals surface area contributed by atoms with Crippen molar-refractivity contribution in [2.45, 2.75) is 18.9 Å². The molecule has 1 aromatic heterocycles. The molecule has 0 aliphatic carbocycles. The highest BCUT2D eigenvalue weighted by Gasteiger charge is 2.24. The lowest BCUT2D eigenvalue weighted by Gasteiger charge is -2.25. The van der Waals surface area contributed by atoms with E-state index in [1.807, 2.05) is 30.3 Å². The normalized spacial score (nSPS) is 16.0. The Morgan fingerprint density at radius 2 is 2.10 bits per heavy atom. The molecule has 1 aliphatic heterocycles. The van der Waals surface area contributed by atoms with Gasteiger partial charge in [-0.3, -0.25) is 9.59 Å². The van der Waals surface area contributed by atoms with Crippen molar-refractivity contribution < 1.29 is 14.3 Å². The molecule has 4 rings (SSSR count). The second kappa shape index (κ2) is 9.09. The number of aryl methyl sites for hydroxylation is 1. The van der Waals surface area contributed by atoms with Crippen LogP contribution in [0.4, 0.5) is 0 Å². The summed E-state index contributed by atoms with van der Waals surface area (Å²) >= 11 is 0. The largest absolute Gasteiger partial charge is 0.492 e. The van der Waals surface area contributed by atoms with Crippen molar-refractivity contribution in [1.29, 1.82) is 0 Å². The highest BCUT2D eigenvalue weighted by Crippen LogP contribution is 2.17. The Bertz CT molecular complexity index is 1070. The fraction of sp³-hybridized carbons (Fsp3) is 0.348. The van der Waals surface area contributed by atoms with Crippen molar-refractivity contribution in [3.63, 3.8) is 0 Å². The fourth-order valence-electron chi connectivity index (χ4n) is 3.63. The highest BCUT2D eigenvalue weighted by molar-refractivity contribution is 5.97. The summed E-state index contributed by atoms with van der Waals surface area (Å²) in [6.45, 7) is 2.07. The molecule has 0 saturated carbocycles. The first kappa shape index (κ1) is 20.1. The SMILES string of the molecule is Cn1cnc2cc(C(=O)N(CCOc3ccccc3)CC3CCCO3)ccc2c1=O. The first-order valence-electron chi connectivity index (χ1n) is 10.2. The van der Waals surface area contributed by atoms with Crippen LogP contribution in [0.5, 0.6) is 5.75 Å². The third-order valence-electron chi connectivity index (χ3n) is 5.27. The van der Waals surface area contributed by atoms with Crippen LogP contribution in [-0.2, 0) is 11.8 Å². The minimum absolute atomic E-state index is 0.0385. The minimum atomic E-state index is -0.133. The Morgan fingerprint density at radius 1 is 1.27 bits per heavy atom. The molecule has 0 bridgehead atoms. The molecule has 7 heteroatoms. The van der Waals surface area contributed by atoms with Crippen LogP contribution < -0.4 is 10.3 Å². The average Bonchev–Trinajstić information content (AvgIpc) is 3.29. The number of rotatable bonds is 7. The summed E-state index contributed by atoms with van der Waals surface area (Å²) in [5.41, 5.74) is 0.883. The van der Waals surface area contributed by atoms with E-state index < -0.39 is 0 Å². The summed E-state index contributed by atoms with van der Waals surface area (Å²) < 4.78 is 13.0. The third-order valence-corrected chi connectivity index (χ3v) is 5.27. The van der Waals surface area contributed by atoms with Gasteiger partial charge >= 0.3 is 0 Å². The van der Waals surface area contributed by atoms with E-state index in [2.05, 4.69) is 4.98 Å². The Hall–Kier alpha value is -3.19. The maximum Gasteiger partial charge on any atom is 0.260 e. The number of benzene rings is 2. The van der Waals surface area contributed by atoms with E-state index in [1.54, 1.807) is 30.1 Å². The number of nitrogens with zero attached hydrogens (tertiary/aromatic N) is 3. The summed E-state index contributed by atoms with van der Waals surface area (Å²) in [6.07, 6.45) is 3.46. The molecule has 0 N–H and O–H groups in total. The number of para-hydroxylation sites is 1. The second-order valence-corrected chi connectivity index (χ2v) is 7.44. The molecule has 3 aromatic rings. The maximum atomic E-state index is 13.3. The lowest BCUT2D eigenvalue weighted by atomic mass is 10.1. The summed E-state index contributed by atoms with van der Waals surface area (Å²) in [6, 6.07) is 14.6. The molecule has 1 atom stereocenters. The van der Waals surface area contributed by atoms with Crippen LogP contribution in [0.15, 0.2) is 59.7 Å². The van der Waals surface area contributed by atoms with Crippen LogP contribution in [0.2, 0.25) is 0 Å². The van der Waals surface area contributed by atoms with E-state index in [4.69, 9.17) is 9.47 Å². The minimum Gasteiger partial charge on any atom is -0.492 e. The number of hydrogen-bond donors (Lipinski definition) is 0. The van der Waals surface area contributed by atoms with Gasteiger partial charge in [-0.15, -0.1) is 0 Å². The zero-order valence-electron chi connectivity index (χ0n) is 17.0. The van der Waals surface area contributed by atoms with Gasteiger partial charge in [-0.25, -0.2) is 4.98 Å². The van der Waals surface area contributed by atoms with Gasteiger partial charge in [0.1, 0.15) is 12.4 Å². The van der Waals surface area contributed by atoms with Crippen LogP contribution in [0, 0.1) is 0 Å². The Kier molecular flexibility index (Phi) is 6.09. The summed E-state index contributed by atoms with van der Waals surface area (Å²) in [5.74, 6) is 0.652. The first-order valence-corrected chi connectivity index (χ1v) is 10.2. The zero-order chi connectivity index (χ0) is 20.9. The van der Waals surface area contributed by atoms with Crippen molar-refractivity contribution in [2.24, 2.45) is 7.05 Å². The molecule has 1 saturated heterocycles. The topological polar surface area (TPSA) is 73.7 Å². The predicted octanol–water partition coefficient (Wildman–Crippen LogP) is 2.63. The predicted molar refractivity (Wildman–Crippen MR) is 114 cm³/mol. The van der Waals surface area contributed by atoms with Gasteiger partial charge in [-0.2, -0.15) is 0 Å². The molecule has 7 nitrogen and oxygen atoms in total. The van der Waals surface area contributed by atoms with Crippen molar-refractivity contribution in [1.82, 2.24) is 14.5 Å². The van der Waals surface area contributed by atoms with Crippen LogP contribution >= 0.6 is 0 Å². The Morgan fingerprint density at radius 3 is 2.87 bits per heavy atom. The lowest BCUT2D eigenvalue weighted by Crippen LogP contribution is -2.40. The van der Waals surface area contributed by atoms with Crippen LogP contribution in [0.25, 0.3) is 10.9 Å². The average molecular weight is 407 g/mol. The fourth-order valence-corrected chi connectivity index (χ4v) is 3.63. The highest BCUT2D eigenvalue weighted by atomic mass is 16.5. The van der Waals surface area contributed by atoms with Gasteiger partial charge in [0.15, 0.2) is 0 Å². The molecule has 1 amide bonds. The quantitative estimate of drug-likeness (QED) is 0.602. The van der Waals surface area contributed by atoms with E-state index in [1.165, 1.54) is 10.9 Å². The summed E-state index contributed by atoms with van der Waals surface area (Å²) in [5, 5.41) is 0.495. The molecule has 2 heterocycles. The number of ether oxygens (including phenoxy) is 2. The number of carbonyl (C=O) groups excluding carboxylic acids is 1. The van der Waals surface area contributed by atoms with E-state index in [0.717, 1.165) is 25.2 Å². The molecule has 1 fully saturated rings. The van der Waals surface area contributed by atoms with E-state index in [-0.39, 0.29) is 17.6 Å². The van der Waals surface area contributed by atoms with Gasteiger partial charge in [-0.1, -0.05) is 18.2 Å². The Balaban J connectivity index is 1.52. The number of fused-ring (bicyclic) bond motifs is 1. The van der Waals surface area contributed by atoms with E-state index in [9.17, 15) is 9.59 Å². The van der Waals surface area contributed by atoms with Gasteiger partial charge in [0.05, 0.1) is 29.9 Å². The van der Waals surface area contributed by atoms with Gasteiger partial charge in [-0.05, 0) is 43.2 Å². The molecule has 2 aromatic carbocycles. The molecule has 0 radical (unpaired) electrons. The first-order chi connectivity index (χ1) is 14.6. The third kappa shape index (κ3) is 4.52. The van der Waals surface area contributed by atoms with Gasteiger partial charge in [0, 0.05) is 25.8 Å². The monoisotopic (exact) mass is 407 g/mol. The van der Waals surface area contributed by atoms with Gasteiger partial charge in [0.25, 0.3) is 11.5 Å². The van der Waals surface area contributed by atoms with Crippen molar-refractivity contribution in [2.75, 3.05) is 26.3 Å². The number of aromatic nitrogens is 2. The number of hydrogen-bond acceptors (Lipinski definition) is 5. The number of carbonyl (C=O) groups is 1. The molecule has 30 heavy (non-hydrogen) atoms. The summed E-state index contributed by atoms with van der Waals surface area (Å²) in [4.78, 5) is 31.6. The molecule has 1 aliphatic rings. The smallest absolute Gasteiger partial charge is 0.260 e. The van der Waals surface area contributed by atoms with Crippen molar-refractivity contribution in [3.8, 4) is 5.75 Å². The number of amides is 1. The van der Waals surface area contributed by atoms with Crippen molar-refractivity contribution in [3.05, 3.63) is 70.8 Å². The maximum absolute atomic E-state index is 13.3. The van der Waals surface area contributed by atoms with Gasteiger partial charge in [0.2, 0.25) is 0 Å². The van der Waals surface area contributed by atoms with Gasteiger partial charge < -0.3 is 18.9 Å². The van der Waals surface area contributed by atoms with Crippen LogP contribution in [0.1, 0.15) is 23.2 Å². The van der Waals surface area contributed by atoms with E-state index >= 15 is 0 Å².